The largest absolute Gasteiger partial charge is 0.399 e. The van der Waals surface area contributed by atoms with E-state index in [1.54, 1.807) is 0 Å². The quantitative estimate of drug-likeness (QED) is 0.853. The number of hydrogen-bond donors (Lipinski definition) is 2. The third-order valence-corrected chi connectivity index (χ3v) is 3.46. The third kappa shape index (κ3) is 3.58. The summed E-state index contributed by atoms with van der Waals surface area (Å²) in [7, 11) is 0. The number of anilines is 1. The standard InChI is InChI=1S/C15H15BrN2O/c1-10-2-7-13(14(16)8-10)15(19)18-9-11-3-5-12(17)6-4-11/h2-8H,9,17H2,1H3,(H,18,19). The maximum atomic E-state index is 12.1. The first-order chi connectivity index (χ1) is 9.06. The monoisotopic (exact) mass is 318 g/mol. The number of hydrogen-bond acceptors (Lipinski definition) is 2. The van der Waals surface area contributed by atoms with Gasteiger partial charge in [0.2, 0.25) is 0 Å². The maximum Gasteiger partial charge on any atom is 0.252 e. The Morgan fingerprint density at radius 1 is 1.21 bits per heavy atom. The highest BCUT2D eigenvalue weighted by Gasteiger charge is 2.09. The Morgan fingerprint density at radius 2 is 1.89 bits per heavy atom. The molecular formula is C15H15BrN2O. The molecule has 0 saturated carbocycles. The minimum Gasteiger partial charge on any atom is -0.399 e. The van der Waals surface area contributed by atoms with Gasteiger partial charge < -0.3 is 11.1 Å². The van der Waals surface area contributed by atoms with Crippen LogP contribution in [-0.4, -0.2) is 5.91 Å². The Morgan fingerprint density at radius 3 is 2.53 bits per heavy atom. The summed E-state index contributed by atoms with van der Waals surface area (Å²) >= 11 is 3.41. The van der Waals surface area contributed by atoms with Gasteiger partial charge in [-0.15, -0.1) is 0 Å². The lowest BCUT2D eigenvalue weighted by Crippen LogP contribution is -2.23. The van der Waals surface area contributed by atoms with Crippen molar-refractivity contribution in [1.29, 1.82) is 0 Å². The first-order valence-electron chi connectivity index (χ1n) is 5.95. The average Bonchev–Trinajstić information content (AvgIpc) is 2.37. The number of nitrogens with one attached hydrogen (secondary N) is 1. The molecule has 0 bridgehead atoms. The van der Waals surface area contributed by atoms with Gasteiger partial charge in [0.15, 0.2) is 0 Å². The number of carbonyl (C=O) groups is 1. The van der Waals surface area contributed by atoms with Crippen molar-refractivity contribution in [2.75, 3.05) is 5.73 Å². The zero-order valence-corrected chi connectivity index (χ0v) is 12.2. The number of aryl methyl sites for hydroxylation is 1. The molecule has 4 heteroatoms. The highest BCUT2D eigenvalue weighted by atomic mass is 79.9. The van der Waals surface area contributed by atoms with Crippen LogP contribution in [0.3, 0.4) is 0 Å². The van der Waals surface area contributed by atoms with E-state index in [1.165, 1.54) is 0 Å². The Kier molecular flexibility index (Phi) is 4.22. The van der Waals surface area contributed by atoms with Crippen molar-refractivity contribution in [1.82, 2.24) is 5.32 Å². The number of rotatable bonds is 3. The van der Waals surface area contributed by atoms with E-state index in [0.29, 0.717) is 12.1 Å². The number of nitrogens with two attached hydrogens (primary N) is 1. The fraction of sp³-hybridized carbons (Fsp3) is 0.133. The lowest BCUT2D eigenvalue weighted by molar-refractivity contribution is 0.0950. The van der Waals surface area contributed by atoms with Crippen molar-refractivity contribution in [2.24, 2.45) is 0 Å². The van der Waals surface area contributed by atoms with Crippen molar-refractivity contribution >= 4 is 27.5 Å². The molecule has 0 aliphatic rings. The van der Waals surface area contributed by atoms with E-state index in [2.05, 4.69) is 21.2 Å². The number of halogens is 1. The van der Waals surface area contributed by atoms with Gasteiger partial charge in [0, 0.05) is 16.7 Å². The molecular weight excluding hydrogens is 304 g/mol. The van der Waals surface area contributed by atoms with E-state index < -0.39 is 0 Å². The summed E-state index contributed by atoms with van der Waals surface area (Å²) in [6.07, 6.45) is 0. The topological polar surface area (TPSA) is 55.1 Å². The van der Waals surface area contributed by atoms with Gasteiger partial charge >= 0.3 is 0 Å². The van der Waals surface area contributed by atoms with Crippen LogP contribution in [0.1, 0.15) is 21.5 Å². The van der Waals surface area contributed by atoms with Crippen LogP contribution < -0.4 is 11.1 Å². The van der Waals surface area contributed by atoms with Gasteiger partial charge in [-0.1, -0.05) is 18.2 Å². The molecule has 3 nitrogen and oxygen atoms in total. The minimum absolute atomic E-state index is 0.0938. The van der Waals surface area contributed by atoms with Crippen LogP contribution in [0.5, 0.6) is 0 Å². The molecule has 0 heterocycles. The van der Waals surface area contributed by atoms with Crippen LogP contribution in [-0.2, 0) is 6.54 Å². The number of benzene rings is 2. The van der Waals surface area contributed by atoms with Crippen LogP contribution in [0.25, 0.3) is 0 Å². The molecule has 0 spiro atoms. The summed E-state index contributed by atoms with van der Waals surface area (Å²) in [6.45, 7) is 2.47. The smallest absolute Gasteiger partial charge is 0.252 e. The van der Waals surface area contributed by atoms with Crippen molar-refractivity contribution in [3.8, 4) is 0 Å². The van der Waals surface area contributed by atoms with E-state index in [9.17, 15) is 4.79 Å². The molecule has 98 valence electrons. The van der Waals surface area contributed by atoms with E-state index in [0.717, 1.165) is 21.3 Å². The fourth-order valence-corrected chi connectivity index (χ4v) is 2.39. The summed E-state index contributed by atoms with van der Waals surface area (Å²) in [5.41, 5.74) is 9.11. The maximum absolute atomic E-state index is 12.1. The number of nitrogen functional groups attached to an aromatic ring is 1. The summed E-state index contributed by atoms with van der Waals surface area (Å²) in [5, 5.41) is 2.89. The fourth-order valence-electron chi connectivity index (χ4n) is 1.72. The molecule has 2 aromatic carbocycles. The Balaban J connectivity index is 2.03. The summed E-state index contributed by atoms with van der Waals surface area (Å²) < 4.78 is 0.808. The second-order valence-corrected chi connectivity index (χ2v) is 5.26. The van der Waals surface area contributed by atoms with Crippen LogP contribution in [0.4, 0.5) is 5.69 Å². The molecule has 3 N–H and O–H groups in total. The van der Waals surface area contributed by atoms with E-state index in [1.807, 2.05) is 49.4 Å². The predicted molar refractivity (Wildman–Crippen MR) is 80.9 cm³/mol. The normalized spacial score (nSPS) is 10.2. The van der Waals surface area contributed by atoms with E-state index in [-0.39, 0.29) is 5.91 Å². The second-order valence-electron chi connectivity index (χ2n) is 4.41. The molecule has 1 amide bonds. The highest BCUT2D eigenvalue weighted by molar-refractivity contribution is 9.10. The van der Waals surface area contributed by atoms with E-state index in [4.69, 9.17) is 5.73 Å². The van der Waals surface area contributed by atoms with Crippen LogP contribution >= 0.6 is 15.9 Å². The van der Waals surface area contributed by atoms with Gasteiger partial charge in [0.1, 0.15) is 0 Å². The Bertz CT molecular complexity index is 594. The summed E-state index contributed by atoms with van der Waals surface area (Å²) in [4.78, 5) is 12.1. The van der Waals surface area contributed by atoms with Crippen molar-refractivity contribution in [2.45, 2.75) is 13.5 Å². The molecule has 2 aromatic rings. The molecule has 0 saturated heterocycles. The summed E-state index contributed by atoms with van der Waals surface area (Å²) in [6, 6.07) is 13.1. The Hall–Kier alpha value is -1.81. The first-order valence-corrected chi connectivity index (χ1v) is 6.74. The molecule has 0 aliphatic carbocycles. The summed E-state index contributed by atoms with van der Waals surface area (Å²) in [5.74, 6) is -0.0938. The van der Waals surface area contributed by atoms with Gasteiger partial charge in [0.05, 0.1) is 5.56 Å². The van der Waals surface area contributed by atoms with Crippen LogP contribution in [0, 0.1) is 6.92 Å². The van der Waals surface area contributed by atoms with Gasteiger partial charge in [-0.25, -0.2) is 0 Å². The predicted octanol–water partition coefficient (Wildman–Crippen LogP) is 3.27. The minimum atomic E-state index is -0.0938. The molecule has 2 rings (SSSR count). The lowest BCUT2D eigenvalue weighted by atomic mass is 10.1. The van der Waals surface area contributed by atoms with Crippen molar-refractivity contribution in [3.63, 3.8) is 0 Å². The number of carbonyl (C=O) groups excluding carboxylic acids is 1. The third-order valence-electron chi connectivity index (χ3n) is 2.80. The lowest BCUT2D eigenvalue weighted by Gasteiger charge is -2.08. The molecule has 0 radical (unpaired) electrons. The average molecular weight is 319 g/mol. The Labute approximate surface area is 121 Å². The van der Waals surface area contributed by atoms with Crippen LogP contribution in [0.15, 0.2) is 46.9 Å². The van der Waals surface area contributed by atoms with Gasteiger partial charge in [-0.2, -0.15) is 0 Å². The second kappa shape index (κ2) is 5.89. The highest BCUT2D eigenvalue weighted by Crippen LogP contribution is 2.18. The molecule has 19 heavy (non-hydrogen) atoms. The molecule has 0 atom stereocenters. The van der Waals surface area contributed by atoms with E-state index >= 15 is 0 Å². The van der Waals surface area contributed by atoms with Crippen molar-refractivity contribution < 1.29 is 4.79 Å². The zero-order valence-electron chi connectivity index (χ0n) is 10.6. The molecule has 0 unspecified atom stereocenters. The molecule has 0 fully saturated rings. The SMILES string of the molecule is Cc1ccc(C(=O)NCc2ccc(N)cc2)c(Br)c1. The first kappa shape index (κ1) is 13.6. The zero-order chi connectivity index (χ0) is 13.8. The van der Waals surface area contributed by atoms with Gasteiger partial charge in [-0.3, -0.25) is 4.79 Å². The number of amides is 1. The van der Waals surface area contributed by atoms with Crippen LogP contribution in [0.2, 0.25) is 0 Å². The van der Waals surface area contributed by atoms with Gasteiger partial charge in [0.25, 0.3) is 5.91 Å². The molecule has 0 aromatic heterocycles. The van der Waals surface area contributed by atoms with Gasteiger partial charge in [-0.05, 0) is 58.2 Å². The van der Waals surface area contributed by atoms with Crippen molar-refractivity contribution in [3.05, 3.63) is 63.6 Å². The molecule has 0 aliphatic heterocycles.